The maximum absolute atomic E-state index is 12.8. The van der Waals surface area contributed by atoms with Gasteiger partial charge >= 0.3 is 5.97 Å². The molecule has 0 aliphatic rings. The lowest BCUT2D eigenvalue weighted by atomic mass is 10.1. The van der Waals surface area contributed by atoms with Gasteiger partial charge in [-0.1, -0.05) is 0 Å². The summed E-state index contributed by atoms with van der Waals surface area (Å²) in [5.41, 5.74) is 0.212. The van der Waals surface area contributed by atoms with Gasteiger partial charge in [0.25, 0.3) is 0 Å². The van der Waals surface area contributed by atoms with Crippen molar-refractivity contribution in [1.29, 1.82) is 0 Å². The molecular formula is C10H11FO4. The average molecular weight is 214 g/mol. The number of aromatic hydroxyl groups is 1. The van der Waals surface area contributed by atoms with Gasteiger partial charge in [0.15, 0.2) is 6.10 Å². The van der Waals surface area contributed by atoms with E-state index < -0.39 is 17.9 Å². The molecule has 1 atom stereocenters. The summed E-state index contributed by atoms with van der Waals surface area (Å²) in [6, 6.07) is 3.37. The lowest BCUT2D eigenvalue weighted by Crippen LogP contribution is -2.24. The Labute approximate surface area is 85.9 Å². The van der Waals surface area contributed by atoms with Crippen LogP contribution in [0.15, 0.2) is 18.2 Å². The summed E-state index contributed by atoms with van der Waals surface area (Å²) in [6.07, 6.45) is -1.16. The molecule has 0 bridgehead atoms. The molecule has 1 unspecified atom stereocenters. The molecule has 0 saturated carbocycles. The molecule has 15 heavy (non-hydrogen) atoms. The minimum absolute atomic E-state index is 0.0740. The Kier molecular flexibility index (Phi) is 3.62. The smallest absolute Gasteiger partial charge is 0.333 e. The zero-order valence-electron chi connectivity index (χ0n) is 8.11. The molecule has 82 valence electrons. The van der Waals surface area contributed by atoms with Crippen LogP contribution in [0.3, 0.4) is 0 Å². The van der Waals surface area contributed by atoms with Crippen LogP contribution in [0.4, 0.5) is 4.39 Å². The summed E-state index contributed by atoms with van der Waals surface area (Å²) in [7, 11) is 1.25. The highest BCUT2D eigenvalue weighted by atomic mass is 19.1. The van der Waals surface area contributed by atoms with Crippen LogP contribution < -0.4 is 0 Å². The van der Waals surface area contributed by atoms with Crippen LogP contribution in [-0.2, 0) is 16.0 Å². The van der Waals surface area contributed by atoms with E-state index in [0.29, 0.717) is 0 Å². The highest BCUT2D eigenvalue weighted by Crippen LogP contribution is 2.20. The molecule has 1 aromatic rings. The van der Waals surface area contributed by atoms with Gasteiger partial charge in [0.1, 0.15) is 11.6 Å². The summed E-state index contributed by atoms with van der Waals surface area (Å²) in [6.45, 7) is 0. The van der Waals surface area contributed by atoms with Crippen molar-refractivity contribution < 1.29 is 24.1 Å². The first-order valence-corrected chi connectivity index (χ1v) is 4.27. The second kappa shape index (κ2) is 4.75. The van der Waals surface area contributed by atoms with Crippen molar-refractivity contribution in [2.24, 2.45) is 0 Å². The summed E-state index contributed by atoms with van der Waals surface area (Å²) in [5.74, 6) is -1.82. The standard InChI is InChI=1S/C10H11FO4/c1-15-9(10(13)14)5-6-4-7(11)2-3-8(6)12/h2-4,9,12H,5H2,1H3,(H,13,14). The molecule has 0 aliphatic heterocycles. The van der Waals surface area contributed by atoms with Crippen LogP contribution in [0.1, 0.15) is 5.56 Å². The second-order valence-electron chi connectivity index (χ2n) is 3.04. The SMILES string of the molecule is COC(Cc1cc(F)ccc1O)C(=O)O. The number of hydrogen-bond acceptors (Lipinski definition) is 3. The molecule has 0 aromatic heterocycles. The first kappa shape index (κ1) is 11.5. The van der Waals surface area contributed by atoms with E-state index in [2.05, 4.69) is 4.74 Å². The highest BCUT2D eigenvalue weighted by molar-refractivity contribution is 5.72. The second-order valence-corrected chi connectivity index (χ2v) is 3.04. The van der Waals surface area contributed by atoms with Crippen molar-refractivity contribution in [2.75, 3.05) is 7.11 Å². The quantitative estimate of drug-likeness (QED) is 0.789. The van der Waals surface area contributed by atoms with Crippen LogP contribution in [0.2, 0.25) is 0 Å². The molecule has 0 saturated heterocycles. The monoisotopic (exact) mass is 214 g/mol. The third kappa shape index (κ3) is 2.92. The normalized spacial score (nSPS) is 12.4. The summed E-state index contributed by atoms with van der Waals surface area (Å²) < 4.78 is 17.5. The van der Waals surface area contributed by atoms with Crippen molar-refractivity contribution >= 4 is 5.97 Å². The van der Waals surface area contributed by atoms with Crippen molar-refractivity contribution in [3.63, 3.8) is 0 Å². The molecule has 1 rings (SSSR count). The molecule has 4 nitrogen and oxygen atoms in total. The Hall–Kier alpha value is -1.62. The number of aliphatic carboxylic acids is 1. The number of carbonyl (C=O) groups is 1. The van der Waals surface area contributed by atoms with Crippen molar-refractivity contribution in [1.82, 2.24) is 0 Å². The summed E-state index contributed by atoms with van der Waals surface area (Å²) >= 11 is 0. The molecular weight excluding hydrogens is 203 g/mol. The van der Waals surface area contributed by atoms with Crippen molar-refractivity contribution in [2.45, 2.75) is 12.5 Å². The zero-order chi connectivity index (χ0) is 11.4. The molecule has 0 heterocycles. The van der Waals surface area contributed by atoms with Gasteiger partial charge in [0.05, 0.1) is 0 Å². The van der Waals surface area contributed by atoms with Crippen LogP contribution >= 0.6 is 0 Å². The fourth-order valence-corrected chi connectivity index (χ4v) is 1.19. The van der Waals surface area contributed by atoms with Gasteiger partial charge < -0.3 is 14.9 Å². The van der Waals surface area contributed by atoms with Gasteiger partial charge in [-0.2, -0.15) is 0 Å². The number of methoxy groups -OCH3 is 1. The van der Waals surface area contributed by atoms with Crippen molar-refractivity contribution in [3.05, 3.63) is 29.6 Å². The van der Waals surface area contributed by atoms with Gasteiger partial charge in [-0.25, -0.2) is 9.18 Å². The average Bonchev–Trinajstić information content (AvgIpc) is 2.18. The first-order chi connectivity index (χ1) is 7.04. The third-order valence-electron chi connectivity index (χ3n) is 2.01. The van der Waals surface area contributed by atoms with Gasteiger partial charge in [-0.15, -0.1) is 0 Å². The minimum Gasteiger partial charge on any atom is -0.508 e. The predicted molar refractivity (Wildman–Crippen MR) is 50.2 cm³/mol. The topological polar surface area (TPSA) is 66.8 Å². The van der Waals surface area contributed by atoms with E-state index in [1.54, 1.807) is 0 Å². The maximum Gasteiger partial charge on any atom is 0.333 e. The minimum atomic E-state index is -1.15. The fraction of sp³-hybridized carbons (Fsp3) is 0.300. The number of carboxylic acids is 1. The van der Waals surface area contributed by atoms with E-state index in [4.69, 9.17) is 5.11 Å². The number of phenolic OH excluding ortho intramolecular Hbond substituents is 1. The third-order valence-corrected chi connectivity index (χ3v) is 2.01. The number of benzene rings is 1. The number of ether oxygens (including phenoxy) is 1. The van der Waals surface area contributed by atoms with E-state index in [9.17, 15) is 14.3 Å². The molecule has 0 aliphatic carbocycles. The first-order valence-electron chi connectivity index (χ1n) is 4.27. The Morgan fingerprint density at radius 1 is 1.60 bits per heavy atom. The number of carboxylic acid groups (broad SMARTS) is 1. The Bertz CT molecular complexity index is 364. The van der Waals surface area contributed by atoms with E-state index in [1.807, 2.05) is 0 Å². The molecule has 2 N–H and O–H groups in total. The molecule has 1 aromatic carbocycles. The number of phenols is 1. The van der Waals surface area contributed by atoms with Crippen LogP contribution in [0.5, 0.6) is 5.75 Å². The largest absolute Gasteiger partial charge is 0.508 e. The van der Waals surface area contributed by atoms with Gasteiger partial charge in [-0.05, 0) is 23.8 Å². The molecule has 0 amide bonds. The van der Waals surface area contributed by atoms with Gasteiger partial charge in [-0.3, -0.25) is 0 Å². The van der Waals surface area contributed by atoms with E-state index in [0.717, 1.165) is 12.1 Å². The van der Waals surface area contributed by atoms with E-state index in [1.165, 1.54) is 13.2 Å². The van der Waals surface area contributed by atoms with Crippen LogP contribution in [0, 0.1) is 5.82 Å². The van der Waals surface area contributed by atoms with E-state index in [-0.39, 0.29) is 17.7 Å². The lowest BCUT2D eigenvalue weighted by Gasteiger charge is -2.11. The zero-order valence-corrected chi connectivity index (χ0v) is 8.11. The Morgan fingerprint density at radius 3 is 2.80 bits per heavy atom. The number of rotatable bonds is 4. The number of hydrogen-bond donors (Lipinski definition) is 2. The van der Waals surface area contributed by atoms with Crippen LogP contribution in [0.25, 0.3) is 0 Å². The van der Waals surface area contributed by atoms with E-state index >= 15 is 0 Å². The lowest BCUT2D eigenvalue weighted by molar-refractivity contribution is -0.148. The Balaban J connectivity index is 2.87. The molecule has 5 heteroatoms. The molecule has 0 radical (unpaired) electrons. The molecule has 0 spiro atoms. The highest BCUT2D eigenvalue weighted by Gasteiger charge is 2.18. The predicted octanol–water partition coefficient (Wildman–Crippen LogP) is 1.17. The summed E-state index contributed by atoms with van der Waals surface area (Å²) in [4.78, 5) is 10.6. The van der Waals surface area contributed by atoms with Crippen LogP contribution in [-0.4, -0.2) is 29.4 Å². The molecule has 0 fully saturated rings. The van der Waals surface area contributed by atoms with Crippen molar-refractivity contribution in [3.8, 4) is 5.75 Å². The van der Waals surface area contributed by atoms with Gasteiger partial charge in [0.2, 0.25) is 0 Å². The number of halogens is 1. The summed E-state index contributed by atoms with van der Waals surface area (Å²) in [5, 5.41) is 18.0. The van der Waals surface area contributed by atoms with Gasteiger partial charge in [0, 0.05) is 13.5 Å². The maximum atomic E-state index is 12.8. The Morgan fingerprint density at radius 2 is 2.27 bits per heavy atom. The fourth-order valence-electron chi connectivity index (χ4n) is 1.19.